The normalized spacial score (nSPS) is 10.9. The molecule has 0 spiro atoms. The summed E-state index contributed by atoms with van der Waals surface area (Å²) in [5.41, 5.74) is 0.897. The minimum absolute atomic E-state index is 0.0980. The van der Waals surface area contributed by atoms with Crippen molar-refractivity contribution in [3.8, 4) is 0 Å². The minimum atomic E-state index is -0.306. The SMILES string of the molecule is OCC(CO)NCc1ccncc1Cl. The third-order valence-electron chi connectivity index (χ3n) is 1.88. The maximum Gasteiger partial charge on any atom is 0.0634 e. The molecule has 0 unspecified atom stereocenters. The zero-order valence-electron chi connectivity index (χ0n) is 7.65. The molecule has 1 rings (SSSR count). The Kier molecular flexibility index (Phi) is 4.82. The van der Waals surface area contributed by atoms with Gasteiger partial charge in [0.2, 0.25) is 0 Å². The first-order valence-corrected chi connectivity index (χ1v) is 4.69. The van der Waals surface area contributed by atoms with Gasteiger partial charge in [-0.05, 0) is 11.6 Å². The zero-order valence-corrected chi connectivity index (χ0v) is 8.41. The molecule has 0 aliphatic rings. The van der Waals surface area contributed by atoms with Crippen LogP contribution < -0.4 is 5.32 Å². The van der Waals surface area contributed by atoms with E-state index in [1.54, 1.807) is 18.5 Å². The van der Waals surface area contributed by atoms with Crippen LogP contribution >= 0.6 is 11.6 Å². The second kappa shape index (κ2) is 5.93. The van der Waals surface area contributed by atoms with Gasteiger partial charge in [-0.3, -0.25) is 4.98 Å². The Morgan fingerprint density at radius 3 is 2.71 bits per heavy atom. The van der Waals surface area contributed by atoms with Crippen LogP contribution in [-0.4, -0.2) is 34.5 Å². The standard InChI is InChI=1S/C9H13ClN2O2/c10-9-4-11-2-1-7(9)3-12-8(5-13)6-14/h1-2,4,8,12-14H,3,5-6H2. The lowest BCUT2D eigenvalue weighted by Crippen LogP contribution is -2.35. The van der Waals surface area contributed by atoms with Gasteiger partial charge in [0.1, 0.15) is 0 Å². The predicted molar refractivity (Wildman–Crippen MR) is 54.0 cm³/mol. The van der Waals surface area contributed by atoms with Crippen molar-refractivity contribution < 1.29 is 10.2 Å². The molecule has 0 fully saturated rings. The third kappa shape index (κ3) is 3.23. The first-order chi connectivity index (χ1) is 6.77. The first kappa shape index (κ1) is 11.4. The molecule has 3 N–H and O–H groups in total. The van der Waals surface area contributed by atoms with E-state index in [1.807, 2.05) is 0 Å². The molecule has 0 amide bonds. The molecule has 0 saturated carbocycles. The van der Waals surface area contributed by atoms with E-state index < -0.39 is 0 Å². The van der Waals surface area contributed by atoms with E-state index in [2.05, 4.69) is 10.3 Å². The summed E-state index contributed by atoms with van der Waals surface area (Å²) in [7, 11) is 0. The topological polar surface area (TPSA) is 65.4 Å². The number of nitrogens with one attached hydrogen (secondary N) is 1. The highest BCUT2D eigenvalue weighted by Gasteiger charge is 2.05. The number of aliphatic hydroxyl groups is 2. The van der Waals surface area contributed by atoms with E-state index in [-0.39, 0.29) is 19.3 Å². The van der Waals surface area contributed by atoms with Crippen molar-refractivity contribution in [2.75, 3.05) is 13.2 Å². The van der Waals surface area contributed by atoms with Crippen LogP contribution in [0.5, 0.6) is 0 Å². The zero-order chi connectivity index (χ0) is 10.4. The summed E-state index contributed by atoms with van der Waals surface area (Å²) in [4.78, 5) is 3.85. The fraction of sp³-hybridized carbons (Fsp3) is 0.444. The van der Waals surface area contributed by atoms with Crippen molar-refractivity contribution in [2.45, 2.75) is 12.6 Å². The van der Waals surface area contributed by atoms with Gasteiger partial charge in [0.15, 0.2) is 0 Å². The molecule has 4 nitrogen and oxygen atoms in total. The lowest BCUT2D eigenvalue weighted by molar-refractivity contribution is 0.170. The summed E-state index contributed by atoms with van der Waals surface area (Å²) in [5.74, 6) is 0. The Hall–Kier alpha value is -0.680. The van der Waals surface area contributed by atoms with Gasteiger partial charge in [0.05, 0.1) is 24.3 Å². The average molecular weight is 217 g/mol. The predicted octanol–water partition coefficient (Wildman–Crippen LogP) is 0.178. The van der Waals surface area contributed by atoms with Gasteiger partial charge < -0.3 is 15.5 Å². The van der Waals surface area contributed by atoms with Crippen molar-refractivity contribution in [1.29, 1.82) is 0 Å². The molecule has 1 aromatic heterocycles. The number of aromatic nitrogens is 1. The number of hydrogen-bond acceptors (Lipinski definition) is 4. The smallest absolute Gasteiger partial charge is 0.0634 e. The number of nitrogens with zero attached hydrogens (tertiary/aromatic N) is 1. The number of hydrogen-bond donors (Lipinski definition) is 3. The third-order valence-corrected chi connectivity index (χ3v) is 2.22. The minimum Gasteiger partial charge on any atom is -0.395 e. The Bertz CT molecular complexity index is 279. The fourth-order valence-electron chi connectivity index (χ4n) is 0.988. The molecule has 0 atom stereocenters. The quantitative estimate of drug-likeness (QED) is 0.657. The van der Waals surface area contributed by atoms with Crippen molar-refractivity contribution in [2.24, 2.45) is 0 Å². The average Bonchev–Trinajstić information content (AvgIpc) is 2.22. The number of aliphatic hydroxyl groups excluding tert-OH is 2. The first-order valence-electron chi connectivity index (χ1n) is 4.31. The molecule has 1 heterocycles. The highest BCUT2D eigenvalue weighted by atomic mass is 35.5. The van der Waals surface area contributed by atoms with E-state index in [0.717, 1.165) is 5.56 Å². The molecule has 0 aliphatic carbocycles. The highest BCUT2D eigenvalue weighted by Crippen LogP contribution is 2.12. The maximum atomic E-state index is 8.81. The largest absolute Gasteiger partial charge is 0.395 e. The highest BCUT2D eigenvalue weighted by molar-refractivity contribution is 6.31. The summed E-state index contributed by atoms with van der Waals surface area (Å²) < 4.78 is 0. The molecule has 0 aromatic carbocycles. The molecule has 0 saturated heterocycles. The molecule has 0 aliphatic heterocycles. The molecule has 0 bridgehead atoms. The number of halogens is 1. The lowest BCUT2D eigenvalue weighted by Gasteiger charge is -2.13. The molecular weight excluding hydrogens is 204 g/mol. The van der Waals surface area contributed by atoms with E-state index in [0.29, 0.717) is 11.6 Å². The monoisotopic (exact) mass is 216 g/mol. The van der Waals surface area contributed by atoms with Gasteiger partial charge in [-0.15, -0.1) is 0 Å². The van der Waals surface area contributed by atoms with Crippen molar-refractivity contribution in [1.82, 2.24) is 10.3 Å². The molecular formula is C9H13ClN2O2. The van der Waals surface area contributed by atoms with Crippen molar-refractivity contribution >= 4 is 11.6 Å². The molecule has 0 radical (unpaired) electrons. The molecule has 5 heteroatoms. The summed E-state index contributed by atoms with van der Waals surface area (Å²) in [6.07, 6.45) is 3.21. The summed E-state index contributed by atoms with van der Waals surface area (Å²) in [5, 5.41) is 21.2. The van der Waals surface area contributed by atoms with Crippen LogP contribution in [-0.2, 0) is 6.54 Å². The molecule has 1 aromatic rings. The Labute approximate surface area is 87.6 Å². The van der Waals surface area contributed by atoms with Crippen molar-refractivity contribution in [3.63, 3.8) is 0 Å². The van der Waals surface area contributed by atoms with Gasteiger partial charge in [-0.25, -0.2) is 0 Å². The summed E-state index contributed by atoms with van der Waals surface area (Å²) in [6, 6.07) is 1.49. The number of pyridine rings is 1. The molecule has 14 heavy (non-hydrogen) atoms. The molecule has 78 valence electrons. The maximum absolute atomic E-state index is 8.81. The van der Waals surface area contributed by atoms with E-state index >= 15 is 0 Å². The van der Waals surface area contributed by atoms with Crippen LogP contribution in [0, 0.1) is 0 Å². The summed E-state index contributed by atoms with van der Waals surface area (Å²) >= 11 is 5.87. The van der Waals surface area contributed by atoms with Gasteiger partial charge in [0.25, 0.3) is 0 Å². The fourth-order valence-corrected chi connectivity index (χ4v) is 1.17. The summed E-state index contributed by atoms with van der Waals surface area (Å²) in [6.45, 7) is 0.311. The van der Waals surface area contributed by atoms with Crippen LogP contribution in [0.1, 0.15) is 5.56 Å². The van der Waals surface area contributed by atoms with Gasteiger partial charge in [-0.2, -0.15) is 0 Å². The van der Waals surface area contributed by atoms with Crippen LogP contribution in [0.2, 0.25) is 5.02 Å². The van der Waals surface area contributed by atoms with Crippen LogP contribution in [0.3, 0.4) is 0 Å². The second-order valence-electron chi connectivity index (χ2n) is 2.91. The van der Waals surface area contributed by atoms with E-state index in [4.69, 9.17) is 21.8 Å². The Morgan fingerprint density at radius 1 is 1.43 bits per heavy atom. The lowest BCUT2D eigenvalue weighted by atomic mass is 10.2. The van der Waals surface area contributed by atoms with E-state index in [9.17, 15) is 0 Å². The number of rotatable bonds is 5. The van der Waals surface area contributed by atoms with Crippen LogP contribution in [0.4, 0.5) is 0 Å². The Balaban J connectivity index is 2.49. The van der Waals surface area contributed by atoms with Crippen LogP contribution in [0.15, 0.2) is 18.5 Å². The second-order valence-corrected chi connectivity index (χ2v) is 3.32. The van der Waals surface area contributed by atoms with Crippen LogP contribution in [0.25, 0.3) is 0 Å². The van der Waals surface area contributed by atoms with Gasteiger partial charge in [-0.1, -0.05) is 11.6 Å². The van der Waals surface area contributed by atoms with Gasteiger partial charge in [0, 0.05) is 18.9 Å². The van der Waals surface area contributed by atoms with Gasteiger partial charge >= 0.3 is 0 Å². The van der Waals surface area contributed by atoms with E-state index in [1.165, 1.54) is 0 Å². The Morgan fingerprint density at radius 2 is 2.14 bits per heavy atom. The van der Waals surface area contributed by atoms with Crippen molar-refractivity contribution in [3.05, 3.63) is 29.0 Å².